The zero-order valence-electron chi connectivity index (χ0n) is 12.0. The minimum Gasteiger partial charge on any atom is -0.493 e. The molecule has 0 saturated carbocycles. The van der Waals surface area contributed by atoms with Crippen LogP contribution in [0.25, 0.3) is 0 Å². The lowest BCUT2D eigenvalue weighted by molar-refractivity contribution is 0.0951. The van der Waals surface area contributed by atoms with Gasteiger partial charge < -0.3 is 20.3 Å². The van der Waals surface area contributed by atoms with E-state index in [0.717, 1.165) is 0 Å². The highest BCUT2D eigenvalue weighted by Crippen LogP contribution is 2.24. The van der Waals surface area contributed by atoms with Gasteiger partial charge in [-0.3, -0.25) is 4.79 Å². The number of nitrogen functional groups attached to an aromatic ring is 1. The smallest absolute Gasteiger partial charge is 0.257 e. The molecule has 7 heteroatoms. The first-order chi connectivity index (χ1) is 10.1. The quantitative estimate of drug-likeness (QED) is 0.778. The third kappa shape index (κ3) is 3.71. The number of hydrogen-bond donors (Lipinski definition) is 2. The van der Waals surface area contributed by atoms with Gasteiger partial charge in [0.05, 0.1) is 6.61 Å². The molecule has 112 valence electrons. The molecular weight excluding hydrogens is 272 g/mol. The molecule has 0 unspecified atom stereocenters. The van der Waals surface area contributed by atoms with Crippen molar-refractivity contribution in [1.82, 2.24) is 15.5 Å². The average Bonchev–Trinajstić information content (AvgIpc) is 2.85. The molecule has 1 aromatic heterocycles. The van der Waals surface area contributed by atoms with Gasteiger partial charge in [0.1, 0.15) is 11.3 Å². The molecule has 21 heavy (non-hydrogen) atoms. The molecule has 0 saturated heterocycles. The molecule has 7 nitrogen and oxygen atoms in total. The number of benzene rings is 1. The van der Waals surface area contributed by atoms with E-state index in [1.54, 1.807) is 25.1 Å². The maximum absolute atomic E-state index is 12.2. The van der Waals surface area contributed by atoms with E-state index in [1.165, 1.54) is 0 Å². The lowest BCUT2D eigenvalue weighted by Gasteiger charge is -2.12. The molecule has 0 aliphatic heterocycles. The van der Waals surface area contributed by atoms with Crippen LogP contribution in [-0.4, -0.2) is 29.2 Å². The molecule has 0 radical (unpaired) electrons. The van der Waals surface area contributed by atoms with Crippen LogP contribution in [-0.2, 0) is 6.42 Å². The Hall–Kier alpha value is -2.57. The van der Waals surface area contributed by atoms with Crippen LogP contribution in [0.4, 0.5) is 5.69 Å². The van der Waals surface area contributed by atoms with E-state index < -0.39 is 0 Å². The highest BCUT2D eigenvalue weighted by molar-refractivity contribution is 6.01. The number of anilines is 1. The van der Waals surface area contributed by atoms with Crippen molar-refractivity contribution in [3.05, 3.63) is 35.5 Å². The fourth-order valence-electron chi connectivity index (χ4n) is 1.89. The van der Waals surface area contributed by atoms with Crippen LogP contribution in [0.15, 0.2) is 22.7 Å². The summed E-state index contributed by atoms with van der Waals surface area (Å²) in [5.74, 6) is 1.25. The molecule has 1 aromatic carbocycles. The first-order valence-electron chi connectivity index (χ1n) is 6.70. The molecule has 0 fully saturated rings. The molecule has 2 rings (SSSR count). The number of ether oxygens (including phenoxy) is 1. The van der Waals surface area contributed by atoms with Crippen molar-refractivity contribution < 1.29 is 14.1 Å². The lowest BCUT2D eigenvalue weighted by Crippen LogP contribution is -2.27. The molecule has 0 spiro atoms. The standard InChI is InChI=1S/C14H18N4O3/c1-3-20-11-6-4-5-10(15)13(11)14(19)16-8-7-12-17-9(2)21-18-12/h4-6H,3,7-8,15H2,1-2H3,(H,16,19). The Morgan fingerprint density at radius 3 is 2.95 bits per heavy atom. The summed E-state index contributed by atoms with van der Waals surface area (Å²) in [7, 11) is 0. The van der Waals surface area contributed by atoms with Gasteiger partial charge in [-0.2, -0.15) is 4.98 Å². The molecule has 2 aromatic rings. The van der Waals surface area contributed by atoms with Crippen molar-refractivity contribution in [1.29, 1.82) is 0 Å². The number of carbonyl (C=O) groups is 1. The van der Waals surface area contributed by atoms with Gasteiger partial charge in [0.25, 0.3) is 5.91 Å². The largest absolute Gasteiger partial charge is 0.493 e. The Morgan fingerprint density at radius 2 is 2.29 bits per heavy atom. The second-order valence-electron chi connectivity index (χ2n) is 4.39. The Kier molecular flexibility index (Phi) is 4.76. The van der Waals surface area contributed by atoms with Gasteiger partial charge >= 0.3 is 0 Å². The number of rotatable bonds is 6. The van der Waals surface area contributed by atoms with Crippen molar-refractivity contribution in [3.8, 4) is 5.75 Å². The van der Waals surface area contributed by atoms with Gasteiger partial charge in [-0.25, -0.2) is 0 Å². The van der Waals surface area contributed by atoms with Crippen molar-refractivity contribution >= 4 is 11.6 Å². The van der Waals surface area contributed by atoms with Crippen LogP contribution in [0.2, 0.25) is 0 Å². The van der Waals surface area contributed by atoms with Crippen LogP contribution in [0, 0.1) is 6.92 Å². The zero-order valence-corrected chi connectivity index (χ0v) is 12.0. The molecule has 1 amide bonds. The van der Waals surface area contributed by atoms with Crippen LogP contribution >= 0.6 is 0 Å². The Labute approximate surface area is 122 Å². The third-order valence-electron chi connectivity index (χ3n) is 2.79. The van der Waals surface area contributed by atoms with Gasteiger partial charge in [0, 0.05) is 25.6 Å². The second kappa shape index (κ2) is 6.74. The number of hydrogen-bond acceptors (Lipinski definition) is 6. The first-order valence-corrected chi connectivity index (χ1v) is 6.70. The number of carbonyl (C=O) groups excluding carboxylic acids is 1. The maximum Gasteiger partial charge on any atom is 0.257 e. The molecule has 1 heterocycles. The number of aryl methyl sites for hydroxylation is 1. The van der Waals surface area contributed by atoms with Crippen LogP contribution in [0.5, 0.6) is 5.75 Å². The number of aromatic nitrogens is 2. The van der Waals surface area contributed by atoms with Gasteiger partial charge in [-0.05, 0) is 19.1 Å². The molecule has 0 aliphatic rings. The lowest BCUT2D eigenvalue weighted by atomic mass is 10.1. The molecule has 3 N–H and O–H groups in total. The summed E-state index contributed by atoms with van der Waals surface area (Å²) in [5.41, 5.74) is 6.59. The summed E-state index contributed by atoms with van der Waals surface area (Å²) >= 11 is 0. The van der Waals surface area contributed by atoms with Gasteiger partial charge in [0.15, 0.2) is 5.82 Å². The average molecular weight is 290 g/mol. The summed E-state index contributed by atoms with van der Waals surface area (Å²) in [6, 6.07) is 5.14. The molecular formula is C14H18N4O3. The SMILES string of the molecule is CCOc1cccc(N)c1C(=O)NCCc1noc(C)n1. The minimum atomic E-state index is -0.281. The van der Waals surface area contributed by atoms with E-state index in [0.29, 0.717) is 48.3 Å². The predicted molar refractivity (Wildman–Crippen MR) is 77.1 cm³/mol. The second-order valence-corrected chi connectivity index (χ2v) is 4.39. The first kappa shape index (κ1) is 14.8. The number of nitrogens with one attached hydrogen (secondary N) is 1. The normalized spacial score (nSPS) is 10.4. The maximum atomic E-state index is 12.2. The van der Waals surface area contributed by atoms with E-state index in [-0.39, 0.29) is 5.91 Å². The van der Waals surface area contributed by atoms with Crippen molar-refractivity contribution in [2.24, 2.45) is 0 Å². The van der Waals surface area contributed by atoms with Crippen molar-refractivity contribution in [2.75, 3.05) is 18.9 Å². The van der Waals surface area contributed by atoms with Crippen molar-refractivity contribution in [3.63, 3.8) is 0 Å². The minimum absolute atomic E-state index is 0.281. The summed E-state index contributed by atoms with van der Waals surface area (Å²) < 4.78 is 10.3. The fraction of sp³-hybridized carbons (Fsp3) is 0.357. The summed E-state index contributed by atoms with van der Waals surface area (Å²) in [4.78, 5) is 16.3. The number of amides is 1. The summed E-state index contributed by atoms with van der Waals surface area (Å²) in [6.07, 6.45) is 0.486. The van der Waals surface area contributed by atoms with E-state index in [2.05, 4.69) is 15.5 Å². The topological polar surface area (TPSA) is 103 Å². The monoisotopic (exact) mass is 290 g/mol. The van der Waals surface area contributed by atoms with E-state index in [4.69, 9.17) is 15.0 Å². The van der Waals surface area contributed by atoms with E-state index >= 15 is 0 Å². The van der Waals surface area contributed by atoms with Gasteiger partial charge in [-0.15, -0.1) is 0 Å². The summed E-state index contributed by atoms with van der Waals surface area (Å²) in [6.45, 7) is 4.42. The highest BCUT2D eigenvalue weighted by Gasteiger charge is 2.15. The Balaban J connectivity index is 2.00. The van der Waals surface area contributed by atoms with E-state index in [1.807, 2.05) is 6.92 Å². The zero-order chi connectivity index (χ0) is 15.2. The Morgan fingerprint density at radius 1 is 1.48 bits per heavy atom. The third-order valence-corrected chi connectivity index (χ3v) is 2.79. The van der Waals surface area contributed by atoms with E-state index in [9.17, 15) is 4.79 Å². The Bertz CT molecular complexity index is 624. The van der Waals surface area contributed by atoms with Crippen LogP contribution in [0.1, 0.15) is 29.0 Å². The molecule has 0 bridgehead atoms. The van der Waals surface area contributed by atoms with Crippen molar-refractivity contribution in [2.45, 2.75) is 20.3 Å². The molecule has 0 aliphatic carbocycles. The summed E-state index contributed by atoms with van der Waals surface area (Å²) in [5, 5.41) is 6.54. The van der Waals surface area contributed by atoms with Crippen LogP contribution in [0.3, 0.4) is 0 Å². The molecule has 0 atom stereocenters. The fourth-order valence-corrected chi connectivity index (χ4v) is 1.89. The van der Waals surface area contributed by atoms with Gasteiger partial charge in [0.2, 0.25) is 5.89 Å². The number of nitrogens with zero attached hydrogens (tertiary/aromatic N) is 2. The van der Waals surface area contributed by atoms with Crippen LogP contribution < -0.4 is 15.8 Å². The predicted octanol–water partition coefficient (Wildman–Crippen LogP) is 1.33. The highest BCUT2D eigenvalue weighted by atomic mass is 16.5. The van der Waals surface area contributed by atoms with Gasteiger partial charge in [-0.1, -0.05) is 11.2 Å². The number of nitrogens with two attached hydrogens (primary N) is 1.